The van der Waals surface area contributed by atoms with Crippen LogP contribution in [-0.2, 0) is 19.3 Å². The highest BCUT2D eigenvalue weighted by atomic mass is 127. The summed E-state index contributed by atoms with van der Waals surface area (Å²) < 4.78 is 37.5. The first-order valence-electron chi connectivity index (χ1n) is 6.77. The molecule has 0 saturated carbocycles. The summed E-state index contributed by atoms with van der Waals surface area (Å²) in [6.45, 7) is 2.53. The van der Waals surface area contributed by atoms with Gasteiger partial charge in [-0.2, -0.15) is 13.2 Å². The highest BCUT2D eigenvalue weighted by Crippen LogP contribution is 2.29. The van der Waals surface area contributed by atoms with Crippen LogP contribution in [0.2, 0.25) is 0 Å². The molecule has 2 rings (SSSR count). The molecule has 0 unspecified atom stereocenters. The molecule has 0 aliphatic carbocycles. The smallest absolute Gasteiger partial charge is 0.351 e. The van der Waals surface area contributed by atoms with Crippen molar-refractivity contribution in [3.8, 4) is 0 Å². The lowest BCUT2D eigenvalue weighted by Gasteiger charge is -2.10. The molecule has 0 aliphatic heterocycles. The number of aromatic nitrogens is 2. The maximum Gasteiger partial charge on any atom is 0.434 e. The van der Waals surface area contributed by atoms with Crippen molar-refractivity contribution in [3.05, 3.63) is 45.7 Å². The predicted molar refractivity (Wildman–Crippen MR) is 98.5 cm³/mol. The summed E-state index contributed by atoms with van der Waals surface area (Å²) in [6, 6.07) is 5.69. The van der Waals surface area contributed by atoms with Gasteiger partial charge in [-0.05, 0) is 19.1 Å². The molecule has 0 fully saturated rings. The SMILES string of the molecule is CN=C(NCc1cccc(C)n1)NCc1nc(C(F)(F)F)cs1.I. The zero-order valence-corrected chi connectivity index (χ0v) is 16.2. The van der Waals surface area contributed by atoms with Crippen LogP contribution in [0, 0.1) is 6.92 Å². The molecule has 0 aromatic carbocycles. The fraction of sp³-hybridized carbons (Fsp3) is 0.357. The van der Waals surface area contributed by atoms with E-state index >= 15 is 0 Å². The van der Waals surface area contributed by atoms with Crippen LogP contribution in [0.15, 0.2) is 28.6 Å². The first kappa shape index (κ1) is 20.6. The van der Waals surface area contributed by atoms with E-state index in [0.29, 0.717) is 17.5 Å². The van der Waals surface area contributed by atoms with Gasteiger partial charge in [0.25, 0.3) is 0 Å². The largest absolute Gasteiger partial charge is 0.434 e. The molecule has 0 atom stereocenters. The van der Waals surface area contributed by atoms with E-state index in [1.165, 1.54) is 0 Å². The third kappa shape index (κ3) is 6.23. The van der Waals surface area contributed by atoms with Crippen LogP contribution in [-0.4, -0.2) is 23.0 Å². The Kier molecular flexibility index (Phi) is 7.87. The lowest BCUT2D eigenvalue weighted by molar-refractivity contribution is -0.140. The molecule has 0 amide bonds. The van der Waals surface area contributed by atoms with E-state index in [0.717, 1.165) is 28.1 Å². The molecule has 24 heavy (non-hydrogen) atoms. The van der Waals surface area contributed by atoms with Crippen LogP contribution in [0.4, 0.5) is 13.2 Å². The number of thiazole rings is 1. The number of aryl methyl sites for hydroxylation is 1. The third-order valence-electron chi connectivity index (χ3n) is 2.86. The minimum atomic E-state index is -4.41. The molecular weight excluding hydrogens is 454 g/mol. The number of rotatable bonds is 4. The van der Waals surface area contributed by atoms with Crippen LogP contribution in [0.5, 0.6) is 0 Å². The van der Waals surface area contributed by atoms with E-state index in [1.807, 2.05) is 25.1 Å². The number of nitrogens with zero attached hydrogens (tertiary/aromatic N) is 3. The van der Waals surface area contributed by atoms with Gasteiger partial charge in [0.05, 0.1) is 18.8 Å². The first-order chi connectivity index (χ1) is 10.9. The molecule has 0 radical (unpaired) electrons. The van der Waals surface area contributed by atoms with Crippen molar-refractivity contribution in [1.29, 1.82) is 0 Å². The number of aliphatic imine (C=N–C) groups is 1. The molecule has 0 aliphatic rings. The zero-order chi connectivity index (χ0) is 16.9. The minimum absolute atomic E-state index is 0. The number of pyridine rings is 1. The van der Waals surface area contributed by atoms with Crippen molar-refractivity contribution >= 4 is 41.3 Å². The summed E-state index contributed by atoms with van der Waals surface area (Å²) in [5, 5.41) is 7.32. The van der Waals surface area contributed by atoms with Gasteiger partial charge < -0.3 is 10.6 Å². The van der Waals surface area contributed by atoms with Crippen LogP contribution in [0.25, 0.3) is 0 Å². The predicted octanol–water partition coefficient (Wildman–Crippen LogP) is 3.35. The van der Waals surface area contributed by atoms with Gasteiger partial charge in [0, 0.05) is 18.1 Å². The summed E-state index contributed by atoms with van der Waals surface area (Å²) in [5.74, 6) is 0.470. The summed E-state index contributed by atoms with van der Waals surface area (Å²) in [4.78, 5) is 11.9. The molecule has 2 heterocycles. The van der Waals surface area contributed by atoms with E-state index in [1.54, 1.807) is 7.05 Å². The molecule has 10 heteroatoms. The van der Waals surface area contributed by atoms with E-state index < -0.39 is 11.9 Å². The van der Waals surface area contributed by atoms with Gasteiger partial charge in [-0.25, -0.2) is 4.98 Å². The molecular formula is C14H17F3IN5S. The lowest BCUT2D eigenvalue weighted by atomic mass is 10.3. The zero-order valence-electron chi connectivity index (χ0n) is 13.0. The van der Waals surface area contributed by atoms with Gasteiger partial charge in [-0.1, -0.05) is 6.07 Å². The van der Waals surface area contributed by atoms with E-state index in [2.05, 4.69) is 25.6 Å². The maximum atomic E-state index is 12.5. The Bertz CT molecular complexity index is 687. The Balaban J connectivity index is 0.00000288. The second-order valence-corrected chi connectivity index (χ2v) is 5.62. The normalized spacial score (nSPS) is 11.8. The molecule has 132 valence electrons. The minimum Gasteiger partial charge on any atom is -0.351 e. The Morgan fingerprint density at radius 1 is 1.21 bits per heavy atom. The molecule has 5 nitrogen and oxygen atoms in total. The van der Waals surface area contributed by atoms with Crippen molar-refractivity contribution in [1.82, 2.24) is 20.6 Å². The van der Waals surface area contributed by atoms with Crippen molar-refractivity contribution < 1.29 is 13.2 Å². The van der Waals surface area contributed by atoms with Gasteiger partial charge in [-0.15, -0.1) is 35.3 Å². The summed E-state index contributed by atoms with van der Waals surface area (Å²) in [6.07, 6.45) is -4.41. The second kappa shape index (κ2) is 9.16. The molecule has 2 aromatic rings. The Hall–Kier alpha value is -1.43. The van der Waals surface area contributed by atoms with Crippen molar-refractivity contribution in [2.75, 3.05) is 7.05 Å². The number of halogens is 4. The molecule has 2 aromatic heterocycles. The molecule has 0 saturated heterocycles. The fourth-order valence-electron chi connectivity index (χ4n) is 1.77. The highest BCUT2D eigenvalue weighted by molar-refractivity contribution is 14.0. The summed E-state index contributed by atoms with van der Waals surface area (Å²) in [7, 11) is 1.59. The van der Waals surface area contributed by atoms with Crippen LogP contribution < -0.4 is 10.6 Å². The number of alkyl halides is 3. The van der Waals surface area contributed by atoms with E-state index in [-0.39, 0.29) is 30.5 Å². The molecule has 0 bridgehead atoms. The molecule has 2 N–H and O–H groups in total. The quantitative estimate of drug-likeness (QED) is 0.408. The Morgan fingerprint density at radius 3 is 2.50 bits per heavy atom. The van der Waals surface area contributed by atoms with E-state index in [4.69, 9.17) is 0 Å². The van der Waals surface area contributed by atoms with Crippen LogP contribution in [0.1, 0.15) is 22.1 Å². The topological polar surface area (TPSA) is 62.2 Å². The monoisotopic (exact) mass is 471 g/mol. The fourth-order valence-corrected chi connectivity index (χ4v) is 2.52. The first-order valence-corrected chi connectivity index (χ1v) is 7.65. The van der Waals surface area contributed by atoms with E-state index in [9.17, 15) is 13.2 Å². The second-order valence-electron chi connectivity index (χ2n) is 4.67. The highest BCUT2D eigenvalue weighted by Gasteiger charge is 2.33. The molecule has 0 spiro atoms. The van der Waals surface area contributed by atoms with Gasteiger partial charge in [0.15, 0.2) is 11.7 Å². The van der Waals surface area contributed by atoms with Crippen molar-refractivity contribution in [2.45, 2.75) is 26.2 Å². The van der Waals surface area contributed by atoms with Crippen LogP contribution in [0.3, 0.4) is 0 Å². The van der Waals surface area contributed by atoms with Gasteiger partial charge in [0.1, 0.15) is 5.01 Å². The number of hydrogen-bond acceptors (Lipinski definition) is 4. The third-order valence-corrected chi connectivity index (χ3v) is 3.70. The maximum absolute atomic E-state index is 12.5. The van der Waals surface area contributed by atoms with Crippen molar-refractivity contribution in [2.24, 2.45) is 4.99 Å². The van der Waals surface area contributed by atoms with Gasteiger partial charge in [0.2, 0.25) is 0 Å². The van der Waals surface area contributed by atoms with Gasteiger partial charge in [-0.3, -0.25) is 9.98 Å². The van der Waals surface area contributed by atoms with Gasteiger partial charge >= 0.3 is 6.18 Å². The lowest BCUT2D eigenvalue weighted by Crippen LogP contribution is -2.36. The standard InChI is InChI=1S/C14H16F3N5S.HI/c1-9-4-3-5-10(21-9)6-19-13(18-2)20-7-12-22-11(8-23-12)14(15,16)17;/h3-5,8H,6-7H2,1-2H3,(H2,18,19,20);1H. The average molecular weight is 471 g/mol. The Morgan fingerprint density at radius 2 is 1.92 bits per heavy atom. The summed E-state index contributed by atoms with van der Waals surface area (Å²) in [5.41, 5.74) is 0.891. The summed E-state index contributed by atoms with van der Waals surface area (Å²) >= 11 is 0.957. The Labute approximate surface area is 158 Å². The van der Waals surface area contributed by atoms with Crippen LogP contribution >= 0.6 is 35.3 Å². The van der Waals surface area contributed by atoms with Crippen molar-refractivity contribution in [3.63, 3.8) is 0 Å². The number of guanidine groups is 1. The number of hydrogen-bond donors (Lipinski definition) is 2. The average Bonchev–Trinajstić information content (AvgIpc) is 2.96. The number of nitrogens with one attached hydrogen (secondary N) is 2.